The molecule has 0 fully saturated rings. The summed E-state index contributed by atoms with van der Waals surface area (Å²) < 4.78 is 17.2. The van der Waals surface area contributed by atoms with Crippen molar-refractivity contribution in [1.29, 1.82) is 0 Å². The normalized spacial score (nSPS) is 14.2. The lowest BCUT2D eigenvalue weighted by Gasteiger charge is -2.10. The summed E-state index contributed by atoms with van der Waals surface area (Å²) in [5.41, 5.74) is 1.17. The number of carbonyl (C=O) groups excluding carboxylic acids is 1. The van der Waals surface area contributed by atoms with E-state index in [-0.39, 0.29) is 6.42 Å². The lowest BCUT2D eigenvalue weighted by atomic mass is 10.0. The first-order chi connectivity index (χ1) is 7.54. The maximum absolute atomic E-state index is 12.8. The highest BCUT2D eigenvalue weighted by atomic mass is 19.1. The van der Waals surface area contributed by atoms with Gasteiger partial charge in [-0.15, -0.1) is 0 Å². The molecule has 1 rings (SSSR count). The predicted octanol–water partition coefficient (Wildman–Crippen LogP) is 1.79. The topological polar surface area (TPSA) is 46.5 Å². The molecule has 0 aliphatic rings. The summed E-state index contributed by atoms with van der Waals surface area (Å²) >= 11 is 0. The molecule has 16 heavy (non-hydrogen) atoms. The van der Waals surface area contributed by atoms with Crippen LogP contribution < -0.4 is 0 Å². The SMILES string of the molecule is COC(=O)C(O)c1cccc(CC(C)F)c1. The van der Waals surface area contributed by atoms with Gasteiger partial charge in [0.15, 0.2) is 6.10 Å². The zero-order chi connectivity index (χ0) is 12.1. The molecule has 1 aromatic rings. The van der Waals surface area contributed by atoms with Crippen LogP contribution in [-0.4, -0.2) is 24.4 Å². The van der Waals surface area contributed by atoms with Crippen molar-refractivity contribution in [2.45, 2.75) is 25.6 Å². The van der Waals surface area contributed by atoms with Gasteiger partial charge < -0.3 is 9.84 Å². The van der Waals surface area contributed by atoms with E-state index in [0.717, 1.165) is 5.56 Å². The van der Waals surface area contributed by atoms with Gasteiger partial charge in [-0.25, -0.2) is 9.18 Å². The summed E-state index contributed by atoms with van der Waals surface area (Å²) in [7, 11) is 1.21. The van der Waals surface area contributed by atoms with Crippen molar-refractivity contribution in [2.24, 2.45) is 0 Å². The molecule has 2 atom stereocenters. The van der Waals surface area contributed by atoms with Gasteiger partial charge in [-0.05, 0) is 18.1 Å². The molecule has 0 saturated carbocycles. The maximum atomic E-state index is 12.8. The van der Waals surface area contributed by atoms with Crippen LogP contribution in [-0.2, 0) is 16.0 Å². The molecule has 0 amide bonds. The van der Waals surface area contributed by atoms with Crippen molar-refractivity contribution in [2.75, 3.05) is 7.11 Å². The summed E-state index contributed by atoms with van der Waals surface area (Å²) in [6.45, 7) is 1.46. The number of carbonyl (C=O) groups is 1. The van der Waals surface area contributed by atoms with E-state index in [1.807, 2.05) is 0 Å². The molecule has 0 radical (unpaired) electrons. The fourth-order valence-electron chi connectivity index (χ4n) is 1.46. The van der Waals surface area contributed by atoms with E-state index in [2.05, 4.69) is 4.74 Å². The summed E-state index contributed by atoms with van der Waals surface area (Å²) in [5.74, 6) is -0.717. The lowest BCUT2D eigenvalue weighted by Crippen LogP contribution is -2.13. The van der Waals surface area contributed by atoms with Crippen LogP contribution in [0.25, 0.3) is 0 Å². The zero-order valence-electron chi connectivity index (χ0n) is 9.31. The number of aliphatic hydroxyl groups is 1. The molecule has 0 aliphatic carbocycles. The third-order valence-electron chi connectivity index (χ3n) is 2.21. The van der Waals surface area contributed by atoms with Crippen molar-refractivity contribution in [3.63, 3.8) is 0 Å². The van der Waals surface area contributed by atoms with Gasteiger partial charge in [0, 0.05) is 6.42 Å². The molecule has 0 bridgehead atoms. The van der Waals surface area contributed by atoms with Crippen molar-refractivity contribution in [1.82, 2.24) is 0 Å². The molecule has 4 heteroatoms. The van der Waals surface area contributed by atoms with E-state index in [0.29, 0.717) is 5.56 Å². The molecule has 0 saturated heterocycles. The van der Waals surface area contributed by atoms with Crippen molar-refractivity contribution in [3.05, 3.63) is 35.4 Å². The van der Waals surface area contributed by atoms with Gasteiger partial charge >= 0.3 is 5.97 Å². The van der Waals surface area contributed by atoms with Gasteiger partial charge in [0.1, 0.15) is 6.17 Å². The number of benzene rings is 1. The Bertz CT molecular complexity index is 363. The van der Waals surface area contributed by atoms with Crippen LogP contribution in [0.15, 0.2) is 24.3 Å². The fourth-order valence-corrected chi connectivity index (χ4v) is 1.46. The van der Waals surface area contributed by atoms with Gasteiger partial charge in [0.2, 0.25) is 0 Å². The molecule has 1 N–H and O–H groups in total. The molecule has 1 aromatic carbocycles. The number of halogens is 1. The van der Waals surface area contributed by atoms with E-state index < -0.39 is 18.2 Å². The minimum absolute atomic E-state index is 0.266. The summed E-state index contributed by atoms with van der Waals surface area (Å²) in [6.07, 6.45) is -1.99. The minimum Gasteiger partial charge on any atom is -0.467 e. The Kier molecular flexibility index (Phi) is 4.43. The molecule has 3 nitrogen and oxygen atoms in total. The number of esters is 1. The molecule has 88 valence electrons. The Hall–Kier alpha value is -1.42. The maximum Gasteiger partial charge on any atom is 0.339 e. The second kappa shape index (κ2) is 5.61. The number of alkyl halides is 1. The van der Waals surface area contributed by atoms with Crippen molar-refractivity contribution >= 4 is 5.97 Å². The quantitative estimate of drug-likeness (QED) is 0.796. The van der Waals surface area contributed by atoms with Crippen LogP contribution in [0.4, 0.5) is 4.39 Å². The number of hydrogen-bond acceptors (Lipinski definition) is 3. The second-order valence-electron chi connectivity index (χ2n) is 3.66. The highest BCUT2D eigenvalue weighted by Crippen LogP contribution is 2.17. The largest absolute Gasteiger partial charge is 0.467 e. The monoisotopic (exact) mass is 226 g/mol. The lowest BCUT2D eigenvalue weighted by molar-refractivity contribution is -0.150. The van der Waals surface area contributed by atoms with E-state index in [1.54, 1.807) is 24.3 Å². The van der Waals surface area contributed by atoms with Gasteiger partial charge in [0.05, 0.1) is 7.11 Å². The number of hydrogen-bond donors (Lipinski definition) is 1. The molecule has 0 aliphatic heterocycles. The van der Waals surface area contributed by atoms with E-state index in [9.17, 15) is 14.3 Å². The molecule has 2 unspecified atom stereocenters. The average molecular weight is 226 g/mol. The number of methoxy groups -OCH3 is 1. The zero-order valence-corrected chi connectivity index (χ0v) is 9.31. The molecule has 0 spiro atoms. The van der Waals surface area contributed by atoms with Gasteiger partial charge in [-0.3, -0.25) is 0 Å². The first-order valence-corrected chi connectivity index (χ1v) is 5.03. The molecular formula is C12H15FO3. The summed E-state index contributed by atoms with van der Waals surface area (Å²) in [4.78, 5) is 11.1. The second-order valence-corrected chi connectivity index (χ2v) is 3.66. The van der Waals surface area contributed by atoms with Gasteiger partial charge in [-0.1, -0.05) is 24.3 Å². The average Bonchev–Trinajstić information content (AvgIpc) is 2.26. The standard InChI is InChI=1S/C12H15FO3/c1-8(13)6-9-4-3-5-10(7-9)11(14)12(15)16-2/h3-5,7-8,11,14H,6H2,1-2H3. The van der Waals surface area contributed by atoms with Crippen LogP contribution >= 0.6 is 0 Å². The Morgan fingerprint density at radius 1 is 1.56 bits per heavy atom. The van der Waals surface area contributed by atoms with Crippen molar-refractivity contribution < 1.29 is 19.0 Å². The molecule has 0 heterocycles. The van der Waals surface area contributed by atoms with Crippen LogP contribution in [0.5, 0.6) is 0 Å². The Morgan fingerprint density at radius 3 is 2.81 bits per heavy atom. The smallest absolute Gasteiger partial charge is 0.339 e. The Labute approximate surface area is 93.9 Å². The first-order valence-electron chi connectivity index (χ1n) is 5.03. The molecular weight excluding hydrogens is 211 g/mol. The summed E-state index contributed by atoms with van der Waals surface area (Å²) in [6, 6.07) is 6.65. The highest BCUT2D eigenvalue weighted by Gasteiger charge is 2.17. The Balaban J connectivity index is 2.85. The number of ether oxygens (including phenoxy) is 1. The van der Waals surface area contributed by atoms with Crippen LogP contribution in [0, 0.1) is 0 Å². The van der Waals surface area contributed by atoms with E-state index >= 15 is 0 Å². The number of rotatable bonds is 4. The third-order valence-corrected chi connectivity index (χ3v) is 2.21. The molecule has 0 aromatic heterocycles. The van der Waals surface area contributed by atoms with Gasteiger partial charge in [0.25, 0.3) is 0 Å². The van der Waals surface area contributed by atoms with Crippen molar-refractivity contribution in [3.8, 4) is 0 Å². The van der Waals surface area contributed by atoms with Gasteiger partial charge in [-0.2, -0.15) is 0 Å². The first kappa shape index (κ1) is 12.6. The van der Waals surface area contributed by atoms with Crippen LogP contribution in [0.3, 0.4) is 0 Å². The van der Waals surface area contributed by atoms with Crippen LogP contribution in [0.1, 0.15) is 24.2 Å². The third kappa shape index (κ3) is 3.31. The minimum atomic E-state index is -1.31. The highest BCUT2D eigenvalue weighted by molar-refractivity contribution is 5.76. The Morgan fingerprint density at radius 2 is 2.25 bits per heavy atom. The van der Waals surface area contributed by atoms with E-state index in [4.69, 9.17) is 0 Å². The summed E-state index contributed by atoms with van der Waals surface area (Å²) in [5, 5.41) is 9.58. The van der Waals surface area contributed by atoms with E-state index in [1.165, 1.54) is 14.0 Å². The van der Waals surface area contributed by atoms with Crippen LogP contribution in [0.2, 0.25) is 0 Å². The number of aliphatic hydroxyl groups excluding tert-OH is 1. The predicted molar refractivity (Wildman–Crippen MR) is 57.7 cm³/mol. The fraction of sp³-hybridized carbons (Fsp3) is 0.417.